The second-order valence-electron chi connectivity index (χ2n) is 11.8. The van der Waals surface area contributed by atoms with E-state index in [0.29, 0.717) is 29.7 Å². The van der Waals surface area contributed by atoms with Crippen molar-refractivity contribution in [3.05, 3.63) is 70.1 Å². The first-order chi connectivity index (χ1) is 21.3. The fraction of sp³-hybridized carbons (Fsp3) is 0.419. The van der Waals surface area contributed by atoms with Crippen molar-refractivity contribution >= 4 is 27.1 Å². The van der Waals surface area contributed by atoms with Crippen LogP contribution in [0.4, 0.5) is 19.1 Å². The molecule has 0 saturated heterocycles. The summed E-state index contributed by atoms with van der Waals surface area (Å²) >= 11 is 0. The van der Waals surface area contributed by atoms with Crippen molar-refractivity contribution in [1.82, 2.24) is 24.4 Å². The number of sulfonamides is 1. The van der Waals surface area contributed by atoms with Crippen LogP contribution in [0.5, 0.6) is 0 Å². The van der Waals surface area contributed by atoms with Gasteiger partial charge in [-0.25, -0.2) is 36.7 Å². The van der Waals surface area contributed by atoms with Gasteiger partial charge in [0.15, 0.2) is 5.65 Å². The molecule has 1 saturated carbocycles. The average molecular weight is 644 g/mol. The first kappa shape index (κ1) is 32.5. The molecular weight excluding hydrogens is 607 g/mol. The minimum atomic E-state index is -3.97. The zero-order valence-electron chi connectivity index (χ0n) is 25.3. The third-order valence-electron chi connectivity index (χ3n) is 8.20. The summed E-state index contributed by atoms with van der Waals surface area (Å²) in [4.78, 5) is 29.4. The third-order valence-corrected chi connectivity index (χ3v) is 8.91. The van der Waals surface area contributed by atoms with Gasteiger partial charge in [0.1, 0.15) is 29.5 Å². The summed E-state index contributed by atoms with van der Waals surface area (Å²) in [5.74, 6) is -1.71. The molecule has 3 N–H and O–H groups in total. The number of halogens is 3. The Labute approximate surface area is 259 Å². The summed E-state index contributed by atoms with van der Waals surface area (Å²) in [6.07, 6.45) is 5.11. The van der Waals surface area contributed by atoms with E-state index in [1.807, 2.05) is 20.9 Å². The predicted octanol–water partition coefficient (Wildman–Crippen LogP) is 4.79. The Morgan fingerprint density at radius 2 is 1.80 bits per heavy atom. The van der Waals surface area contributed by atoms with E-state index in [0.717, 1.165) is 43.9 Å². The number of nitrogens with two attached hydrogens (primary N) is 1. The normalized spacial score (nSPS) is 17.4. The standard InChI is InChI=1S/C31H36F3N7O3S/c1-18(2)41-29-27(16-36-31(39-29)37-22-7-9-23(10-8-22)40(3)13-12-32)38-28(30(41)42)19-5-11-24(26(34)14-19)25-15-21(33)6-4-20(25)17-45(35,43)44/h4-6,11,14-16,18,22-23H,7-10,12-13,17H2,1-3H3,(H2,35,43,44)(H,36,37,39). The fourth-order valence-electron chi connectivity index (χ4n) is 5.92. The van der Waals surface area contributed by atoms with Gasteiger partial charge in [-0.05, 0) is 75.9 Å². The molecule has 0 radical (unpaired) electrons. The molecule has 14 heteroatoms. The van der Waals surface area contributed by atoms with Crippen LogP contribution in [-0.2, 0) is 15.8 Å². The van der Waals surface area contributed by atoms with Crippen LogP contribution in [0.2, 0.25) is 0 Å². The molecule has 240 valence electrons. The van der Waals surface area contributed by atoms with Gasteiger partial charge in [0.05, 0.1) is 11.9 Å². The van der Waals surface area contributed by atoms with Gasteiger partial charge in [0.25, 0.3) is 5.56 Å². The second-order valence-corrected chi connectivity index (χ2v) is 13.4. The molecule has 5 rings (SSSR count). The van der Waals surface area contributed by atoms with Gasteiger partial charge in [0.2, 0.25) is 16.0 Å². The molecule has 10 nitrogen and oxygen atoms in total. The molecule has 1 aliphatic carbocycles. The Morgan fingerprint density at radius 3 is 2.44 bits per heavy atom. The smallest absolute Gasteiger partial charge is 0.278 e. The van der Waals surface area contributed by atoms with Crippen LogP contribution >= 0.6 is 0 Å². The highest BCUT2D eigenvalue weighted by Gasteiger charge is 2.25. The van der Waals surface area contributed by atoms with Crippen LogP contribution in [0.15, 0.2) is 47.4 Å². The number of primary sulfonamides is 1. The van der Waals surface area contributed by atoms with Crippen LogP contribution in [0, 0.1) is 11.6 Å². The largest absolute Gasteiger partial charge is 0.351 e. The highest BCUT2D eigenvalue weighted by atomic mass is 32.2. The molecule has 4 aromatic rings. The number of hydrogen-bond acceptors (Lipinski definition) is 8. The van der Waals surface area contributed by atoms with E-state index < -0.39 is 33.0 Å². The molecule has 0 atom stereocenters. The van der Waals surface area contributed by atoms with Gasteiger partial charge in [-0.2, -0.15) is 4.98 Å². The fourth-order valence-corrected chi connectivity index (χ4v) is 6.61. The maximum Gasteiger partial charge on any atom is 0.278 e. The van der Waals surface area contributed by atoms with Gasteiger partial charge in [-0.3, -0.25) is 9.36 Å². The van der Waals surface area contributed by atoms with Crippen molar-refractivity contribution in [2.24, 2.45) is 5.14 Å². The zero-order valence-corrected chi connectivity index (χ0v) is 26.1. The van der Waals surface area contributed by atoms with Crippen LogP contribution in [-0.4, -0.2) is 65.2 Å². The van der Waals surface area contributed by atoms with Crippen molar-refractivity contribution < 1.29 is 21.6 Å². The first-order valence-electron chi connectivity index (χ1n) is 14.8. The number of rotatable bonds is 10. The highest BCUT2D eigenvalue weighted by Crippen LogP contribution is 2.31. The number of alkyl halides is 1. The second kappa shape index (κ2) is 13.2. The van der Waals surface area contributed by atoms with Crippen molar-refractivity contribution in [2.75, 3.05) is 25.6 Å². The lowest BCUT2D eigenvalue weighted by Crippen LogP contribution is -2.39. The van der Waals surface area contributed by atoms with Crippen LogP contribution in [0.25, 0.3) is 33.5 Å². The molecule has 0 bridgehead atoms. The van der Waals surface area contributed by atoms with E-state index in [2.05, 4.69) is 25.2 Å². The average Bonchev–Trinajstić information content (AvgIpc) is 2.97. The van der Waals surface area contributed by atoms with Gasteiger partial charge < -0.3 is 10.2 Å². The Morgan fingerprint density at radius 1 is 1.07 bits per heavy atom. The lowest BCUT2D eigenvalue weighted by atomic mass is 9.90. The number of benzene rings is 2. The minimum absolute atomic E-state index is 0.0225. The van der Waals surface area contributed by atoms with Gasteiger partial charge >= 0.3 is 0 Å². The summed E-state index contributed by atoms with van der Waals surface area (Å²) < 4.78 is 67.3. The summed E-state index contributed by atoms with van der Waals surface area (Å²) in [7, 11) is -2.03. The Bertz CT molecular complexity index is 1880. The van der Waals surface area contributed by atoms with Crippen LogP contribution in [0.1, 0.15) is 51.1 Å². The molecule has 0 unspecified atom stereocenters. The molecule has 2 heterocycles. The number of aromatic nitrogens is 4. The number of nitrogens with one attached hydrogen (secondary N) is 1. The maximum absolute atomic E-state index is 15.6. The molecule has 0 aliphatic heterocycles. The zero-order chi connectivity index (χ0) is 32.5. The van der Waals surface area contributed by atoms with E-state index in [1.54, 1.807) is 0 Å². The molecule has 0 spiro atoms. The number of fused-ring (bicyclic) bond motifs is 1. The van der Waals surface area contributed by atoms with E-state index in [9.17, 15) is 22.0 Å². The topological polar surface area (TPSA) is 136 Å². The van der Waals surface area contributed by atoms with Crippen molar-refractivity contribution in [1.29, 1.82) is 0 Å². The van der Waals surface area contributed by atoms with Gasteiger partial charge in [-0.15, -0.1) is 0 Å². The van der Waals surface area contributed by atoms with Crippen molar-refractivity contribution in [3.8, 4) is 22.4 Å². The Kier molecular flexibility index (Phi) is 9.56. The maximum atomic E-state index is 15.6. The van der Waals surface area contributed by atoms with E-state index in [-0.39, 0.29) is 46.7 Å². The predicted molar refractivity (Wildman–Crippen MR) is 168 cm³/mol. The molecule has 2 aromatic heterocycles. The molecule has 45 heavy (non-hydrogen) atoms. The van der Waals surface area contributed by atoms with Crippen LogP contribution in [0.3, 0.4) is 0 Å². The first-order valence-corrected chi connectivity index (χ1v) is 16.5. The summed E-state index contributed by atoms with van der Waals surface area (Å²) in [5, 5.41) is 8.55. The number of nitrogens with zero attached hydrogens (tertiary/aromatic N) is 5. The van der Waals surface area contributed by atoms with E-state index >= 15 is 4.39 Å². The molecule has 2 aromatic carbocycles. The monoisotopic (exact) mass is 643 g/mol. The Balaban J connectivity index is 1.46. The van der Waals surface area contributed by atoms with Gasteiger partial charge in [0, 0.05) is 35.8 Å². The van der Waals surface area contributed by atoms with Gasteiger partial charge in [-0.1, -0.05) is 18.2 Å². The van der Waals surface area contributed by atoms with Crippen LogP contribution < -0.4 is 16.0 Å². The third kappa shape index (κ3) is 7.34. The molecular formula is C31H36F3N7O3S. The summed E-state index contributed by atoms with van der Waals surface area (Å²) in [6.45, 7) is 3.71. The summed E-state index contributed by atoms with van der Waals surface area (Å²) in [5.41, 5.74) is 0.463. The summed E-state index contributed by atoms with van der Waals surface area (Å²) in [6, 6.07) is 7.45. The lowest BCUT2D eigenvalue weighted by Gasteiger charge is -2.34. The van der Waals surface area contributed by atoms with E-state index in [4.69, 9.17) is 5.14 Å². The number of anilines is 1. The SMILES string of the molecule is CC(C)n1c(=O)c(-c2ccc(-c3cc(F)ccc3CS(N)(=O)=O)c(F)c2)nc2cnc(NC3CCC(N(C)CCF)CC3)nc21. The van der Waals surface area contributed by atoms with Crippen molar-refractivity contribution in [3.63, 3.8) is 0 Å². The van der Waals surface area contributed by atoms with Crippen molar-refractivity contribution in [2.45, 2.75) is 63.4 Å². The molecule has 1 aliphatic rings. The Hall–Kier alpha value is -3.88. The lowest BCUT2D eigenvalue weighted by molar-refractivity contribution is 0.174. The highest BCUT2D eigenvalue weighted by molar-refractivity contribution is 7.88. The molecule has 1 fully saturated rings. The minimum Gasteiger partial charge on any atom is -0.351 e. The van der Waals surface area contributed by atoms with E-state index in [1.165, 1.54) is 29.0 Å². The number of hydrogen-bond donors (Lipinski definition) is 2. The molecule has 0 amide bonds. The quantitative estimate of drug-likeness (QED) is 0.252.